The quantitative estimate of drug-likeness (QED) is 0.440. The van der Waals surface area contributed by atoms with Crippen LogP contribution in [0.1, 0.15) is 35.2 Å². The number of rotatable bonds is 9. The first-order valence-electron chi connectivity index (χ1n) is 10.9. The third-order valence-corrected chi connectivity index (χ3v) is 5.67. The van der Waals surface area contributed by atoms with Crippen molar-refractivity contribution < 1.29 is 14.6 Å². The van der Waals surface area contributed by atoms with E-state index in [2.05, 4.69) is 30.8 Å². The number of benzene rings is 2. The van der Waals surface area contributed by atoms with Gasteiger partial charge in [-0.25, -0.2) is 0 Å². The predicted molar refractivity (Wildman–Crippen MR) is 119 cm³/mol. The minimum atomic E-state index is -0.0541. The zero-order valence-electron chi connectivity index (χ0n) is 17.9. The monoisotopic (exact) mass is 436 g/mol. The van der Waals surface area contributed by atoms with Crippen LogP contribution in [0.5, 0.6) is 5.75 Å². The molecule has 3 aromatic rings. The van der Waals surface area contributed by atoms with E-state index in [1.807, 2.05) is 24.3 Å². The number of hydrogen-bond donors (Lipinski definition) is 3. The summed E-state index contributed by atoms with van der Waals surface area (Å²) in [5.74, 6) is 1.22. The van der Waals surface area contributed by atoms with E-state index in [-0.39, 0.29) is 18.6 Å². The Hall–Kier alpha value is -3.30. The first-order valence-corrected chi connectivity index (χ1v) is 10.9. The summed E-state index contributed by atoms with van der Waals surface area (Å²) in [5.41, 5.74) is 2.25. The number of ether oxygens (including phenoxy) is 1. The molecule has 168 valence electrons. The number of aliphatic hydroxyl groups is 1. The normalized spacial score (nSPS) is 14.9. The standard InChI is InChI=1S/C23H28N6O3/c30-16-17-6-8-18(9-7-17)23(31)24-19-10-13-29(14-11-19)12-3-15-32-21-5-2-1-4-20(21)22-25-27-28-26-22/h1-2,4-9,19,30H,3,10-16H2,(H,24,31)(H,25,26,27,28). The fourth-order valence-corrected chi connectivity index (χ4v) is 3.85. The van der Waals surface area contributed by atoms with Gasteiger partial charge in [-0.15, -0.1) is 10.2 Å². The van der Waals surface area contributed by atoms with Crippen molar-refractivity contribution in [2.24, 2.45) is 0 Å². The molecule has 4 rings (SSSR count). The number of H-pyrrole nitrogens is 1. The largest absolute Gasteiger partial charge is 0.493 e. The Bertz CT molecular complexity index is 985. The maximum absolute atomic E-state index is 12.4. The fraction of sp³-hybridized carbons (Fsp3) is 0.391. The lowest BCUT2D eigenvalue weighted by molar-refractivity contribution is 0.0909. The van der Waals surface area contributed by atoms with E-state index in [4.69, 9.17) is 9.84 Å². The average Bonchev–Trinajstić information content (AvgIpc) is 3.38. The number of para-hydroxylation sites is 1. The number of carbonyl (C=O) groups is 1. The number of piperidine rings is 1. The lowest BCUT2D eigenvalue weighted by atomic mass is 10.0. The van der Waals surface area contributed by atoms with Crippen molar-refractivity contribution >= 4 is 5.91 Å². The van der Waals surface area contributed by atoms with Gasteiger partial charge in [0.1, 0.15) is 5.75 Å². The second-order valence-corrected chi connectivity index (χ2v) is 7.88. The lowest BCUT2D eigenvalue weighted by Gasteiger charge is -2.32. The van der Waals surface area contributed by atoms with Crippen LogP contribution in [0, 0.1) is 0 Å². The molecule has 0 spiro atoms. The van der Waals surface area contributed by atoms with Crippen LogP contribution in [-0.2, 0) is 6.61 Å². The molecule has 0 saturated carbocycles. The van der Waals surface area contributed by atoms with E-state index in [0.717, 1.165) is 55.8 Å². The van der Waals surface area contributed by atoms with E-state index in [1.165, 1.54) is 0 Å². The maximum atomic E-state index is 12.4. The molecule has 3 N–H and O–H groups in total. The molecule has 32 heavy (non-hydrogen) atoms. The first kappa shape index (κ1) is 21.9. The van der Waals surface area contributed by atoms with Gasteiger partial charge in [0.15, 0.2) is 0 Å². The van der Waals surface area contributed by atoms with Crippen molar-refractivity contribution in [2.45, 2.75) is 31.9 Å². The Morgan fingerprint density at radius 2 is 1.94 bits per heavy atom. The Labute approximate surface area is 186 Å². The molecule has 0 atom stereocenters. The Balaban J connectivity index is 1.16. The summed E-state index contributed by atoms with van der Waals surface area (Å²) >= 11 is 0. The molecule has 0 aliphatic carbocycles. The van der Waals surface area contributed by atoms with Gasteiger partial charge in [0.25, 0.3) is 5.91 Å². The van der Waals surface area contributed by atoms with Crippen molar-refractivity contribution in [3.8, 4) is 17.1 Å². The van der Waals surface area contributed by atoms with Gasteiger partial charge in [0, 0.05) is 31.2 Å². The highest BCUT2D eigenvalue weighted by Crippen LogP contribution is 2.26. The van der Waals surface area contributed by atoms with Crippen LogP contribution in [0.4, 0.5) is 0 Å². The smallest absolute Gasteiger partial charge is 0.251 e. The molecule has 1 fully saturated rings. The number of likely N-dealkylation sites (tertiary alicyclic amines) is 1. The highest BCUT2D eigenvalue weighted by molar-refractivity contribution is 5.94. The number of nitrogens with one attached hydrogen (secondary N) is 2. The highest BCUT2D eigenvalue weighted by Gasteiger charge is 2.21. The van der Waals surface area contributed by atoms with Gasteiger partial charge < -0.3 is 20.1 Å². The van der Waals surface area contributed by atoms with E-state index in [0.29, 0.717) is 18.0 Å². The Morgan fingerprint density at radius 1 is 1.16 bits per heavy atom. The van der Waals surface area contributed by atoms with Crippen molar-refractivity contribution in [1.29, 1.82) is 0 Å². The molecule has 0 bridgehead atoms. The van der Waals surface area contributed by atoms with Crippen molar-refractivity contribution in [2.75, 3.05) is 26.2 Å². The molecule has 9 heteroatoms. The second-order valence-electron chi connectivity index (χ2n) is 7.88. The summed E-state index contributed by atoms with van der Waals surface area (Å²) < 4.78 is 5.97. The summed E-state index contributed by atoms with van der Waals surface area (Å²) in [5, 5.41) is 26.4. The van der Waals surface area contributed by atoms with E-state index in [1.54, 1.807) is 24.3 Å². The molecule has 1 aliphatic rings. The minimum absolute atomic E-state index is 0.0171. The average molecular weight is 437 g/mol. The Morgan fingerprint density at radius 3 is 2.66 bits per heavy atom. The number of nitrogens with zero attached hydrogens (tertiary/aromatic N) is 4. The molecule has 1 amide bonds. The van der Waals surface area contributed by atoms with Crippen LogP contribution >= 0.6 is 0 Å². The van der Waals surface area contributed by atoms with Crippen LogP contribution in [0.25, 0.3) is 11.4 Å². The fourth-order valence-electron chi connectivity index (χ4n) is 3.85. The molecular weight excluding hydrogens is 408 g/mol. The number of aliphatic hydroxyl groups excluding tert-OH is 1. The molecule has 1 saturated heterocycles. The molecular formula is C23H28N6O3. The van der Waals surface area contributed by atoms with Gasteiger partial charge >= 0.3 is 0 Å². The second kappa shape index (κ2) is 10.8. The summed E-state index contributed by atoms with van der Waals surface area (Å²) in [6, 6.07) is 14.9. The van der Waals surface area contributed by atoms with Gasteiger partial charge in [-0.3, -0.25) is 4.79 Å². The predicted octanol–water partition coefficient (Wildman–Crippen LogP) is 2.02. The Kier molecular flexibility index (Phi) is 7.42. The van der Waals surface area contributed by atoms with Crippen molar-refractivity contribution in [1.82, 2.24) is 30.8 Å². The van der Waals surface area contributed by atoms with Crippen LogP contribution in [0.15, 0.2) is 48.5 Å². The van der Waals surface area contributed by atoms with Gasteiger partial charge in [0.05, 0.1) is 18.8 Å². The number of tetrazole rings is 1. The summed E-state index contributed by atoms with van der Waals surface area (Å²) in [6.45, 7) is 3.45. The van der Waals surface area contributed by atoms with Crippen LogP contribution in [0.2, 0.25) is 0 Å². The van der Waals surface area contributed by atoms with E-state index < -0.39 is 0 Å². The van der Waals surface area contributed by atoms with Crippen LogP contribution in [0.3, 0.4) is 0 Å². The SMILES string of the molecule is O=C(NC1CCN(CCCOc2ccccc2-c2nn[nH]n2)CC1)c1ccc(CO)cc1. The summed E-state index contributed by atoms with van der Waals surface area (Å²) in [4.78, 5) is 14.8. The lowest BCUT2D eigenvalue weighted by Crippen LogP contribution is -2.45. The number of hydrogen-bond acceptors (Lipinski definition) is 7. The van der Waals surface area contributed by atoms with Crippen LogP contribution < -0.4 is 10.1 Å². The molecule has 2 heterocycles. The number of carbonyl (C=O) groups excluding carboxylic acids is 1. The van der Waals surface area contributed by atoms with Crippen LogP contribution in [-0.4, -0.2) is 68.8 Å². The first-order chi connectivity index (χ1) is 15.7. The third-order valence-electron chi connectivity index (χ3n) is 5.67. The summed E-state index contributed by atoms with van der Waals surface area (Å²) in [7, 11) is 0. The van der Waals surface area contributed by atoms with Gasteiger partial charge in [-0.05, 0) is 54.3 Å². The molecule has 9 nitrogen and oxygen atoms in total. The van der Waals surface area contributed by atoms with E-state index in [9.17, 15) is 4.79 Å². The third kappa shape index (κ3) is 5.68. The zero-order chi connectivity index (χ0) is 22.2. The molecule has 0 radical (unpaired) electrons. The highest BCUT2D eigenvalue weighted by atomic mass is 16.5. The van der Waals surface area contributed by atoms with Gasteiger partial charge in [-0.1, -0.05) is 24.3 Å². The van der Waals surface area contributed by atoms with Gasteiger partial charge in [0.2, 0.25) is 5.82 Å². The number of amides is 1. The number of aromatic nitrogens is 4. The minimum Gasteiger partial charge on any atom is -0.493 e. The molecule has 1 aliphatic heterocycles. The topological polar surface area (TPSA) is 116 Å². The maximum Gasteiger partial charge on any atom is 0.251 e. The molecule has 0 unspecified atom stereocenters. The zero-order valence-corrected chi connectivity index (χ0v) is 17.9. The summed E-state index contributed by atoms with van der Waals surface area (Å²) in [6.07, 6.45) is 2.78. The van der Waals surface area contributed by atoms with Crippen molar-refractivity contribution in [3.05, 3.63) is 59.7 Å². The number of aromatic amines is 1. The van der Waals surface area contributed by atoms with Crippen molar-refractivity contribution in [3.63, 3.8) is 0 Å². The van der Waals surface area contributed by atoms with E-state index >= 15 is 0 Å². The van der Waals surface area contributed by atoms with Gasteiger partial charge in [-0.2, -0.15) is 5.21 Å². The molecule has 1 aromatic heterocycles. The molecule has 2 aromatic carbocycles.